The van der Waals surface area contributed by atoms with E-state index in [1.807, 2.05) is 0 Å². The van der Waals surface area contributed by atoms with Crippen molar-refractivity contribution in [1.29, 1.82) is 0 Å². The summed E-state index contributed by atoms with van der Waals surface area (Å²) in [6.07, 6.45) is -3.29. The van der Waals surface area contributed by atoms with E-state index in [4.69, 9.17) is 4.42 Å². The molecule has 1 aromatic heterocycles. The van der Waals surface area contributed by atoms with Crippen LogP contribution in [0.4, 0.5) is 17.6 Å². The molecule has 0 spiro atoms. The minimum Gasteiger partial charge on any atom is -0.464 e. The maximum Gasteiger partial charge on any atom is 0.416 e. The van der Waals surface area contributed by atoms with E-state index >= 15 is 0 Å². The molecule has 0 bridgehead atoms. The molecule has 1 aromatic carbocycles. The number of hydrogen-bond donors (Lipinski definition) is 0. The number of alkyl halides is 3. The van der Waals surface area contributed by atoms with Crippen molar-refractivity contribution >= 4 is 15.9 Å². The zero-order valence-corrected chi connectivity index (χ0v) is 9.77. The molecule has 1 heterocycles. The molecule has 0 fully saturated rings. The maximum atomic E-state index is 13.4. The zero-order chi connectivity index (χ0) is 12.6. The first-order chi connectivity index (χ1) is 7.89. The quantitative estimate of drug-likeness (QED) is 0.685. The lowest BCUT2D eigenvalue weighted by Crippen LogP contribution is -2.06. The van der Waals surface area contributed by atoms with Gasteiger partial charge in [0.25, 0.3) is 0 Å². The molecule has 0 aliphatic carbocycles. The van der Waals surface area contributed by atoms with Crippen molar-refractivity contribution in [1.82, 2.24) is 0 Å². The third kappa shape index (κ3) is 2.36. The summed E-state index contributed by atoms with van der Waals surface area (Å²) in [5, 5.41) is 0. The number of rotatable bonds is 1. The van der Waals surface area contributed by atoms with Crippen molar-refractivity contribution in [3.05, 3.63) is 46.4 Å². The van der Waals surface area contributed by atoms with Crippen LogP contribution in [0.25, 0.3) is 11.3 Å². The van der Waals surface area contributed by atoms with Crippen molar-refractivity contribution in [2.75, 3.05) is 0 Å². The number of halogens is 5. The number of hydrogen-bond acceptors (Lipinski definition) is 1. The average molecular weight is 309 g/mol. The second kappa shape index (κ2) is 4.18. The van der Waals surface area contributed by atoms with Crippen LogP contribution in [0.15, 0.2) is 39.4 Å². The second-order valence-electron chi connectivity index (χ2n) is 3.29. The smallest absolute Gasteiger partial charge is 0.416 e. The Bertz CT molecular complexity index is 531. The van der Waals surface area contributed by atoms with Crippen LogP contribution < -0.4 is 0 Å². The summed E-state index contributed by atoms with van der Waals surface area (Å²) in [4.78, 5) is 0. The molecule has 0 amide bonds. The highest BCUT2D eigenvalue weighted by Crippen LogP contribution is 2.37. The zero-order valence-electron chi connectivity index (χ0n) is 8.18. The molecule has 6 heteroatoms. The Kier molecular flexibility index (Phi) is 2.99. The maximum absolute atomic E-state index is 13.4. The molecule has 0 aliphatic heterocycles. The summed E-state index contributed by atoms with van der Waals surface area (Å²) < 4.78 is 55.8. The third-order valence-electron chi connectivity index (χ3n) is 2.14. The van der Waals surface area contributed by atoms with E-state index in [2.05, 4.69) is 15.9 Å². The number of furan rings is 1. The lowest BCUT2D eigenvalue weighted by atomic mass is 10.1. The van der Waals surface area contributed by atoms with E-state index in [1.165, 1.54) is 18.4 Å². The van der Waals surface area contributed by atoms with Gasteiger partial charge in [-0.15, -0.1) is 0 Å². The van der Waals surface area contributed by atoms with E-state index in [0.29, 0.717) is 6.07 Å². The summed E-state index contributed by atoms with van der Waals surface area (Å²) in [5.74, 6) is -0.812. The molecule has 0 N–H and O–H groups in total. The van der Waals surface area contributed by atoms with Gasteiger partial charge in [0.15, 0.2) is 0 Å². The summed E-state index contributed by atoms with van der Waals surface area (Å²) >= 11 is 2.90. The van der Waals surface area contributed by atoms with Gasteiger partial charge in [0.2, 0.25) is 0 Å². The predicted octanol–water partition coefficient (Wildman–Crippen LogP) is 4.87. The van der Waals surface area contributed by atoms with Gasteiger partial charge in [-0.3, -0.25) is 0 Å². The van der Waals surface area contributed by atoms with E-state index in [1.54, 1.807) is 0 Å². The van der Waals surface area contributed by atoms with Crippen LogP contribution in [0, 0.1) is 5.82 Å². The normalized spacial score (nSPS) is 11.8. The largest absolute Gasteiger partial charge is 0.464 e. The van der Waals surface area contributed by atoms with Crippen molar-refractivity contribution in [3.63, 3.8) is 0 Å². The molecule has 17 heavy (non-hydrogen) atoms. The van der Waals surface area contributed by atoms with Crippen LogP contribution in [0.3, 0.4) is 0 Å². The lowest BCUT2D eigenvalue weighted by Gasteiger charge is -2.10. The fourth-order valence-corrected chi connectivity index (χ4v) is 1.79. The summed E-state index contributed by atoms with van der Waals surface area (Å²) in [5.41, 5.74) is -1.02. The van der Waals surface area contributed by atoms with Gasteiger partial charge in [-0.05, 0) is 40.2 Å². The van der Waals surface area contributed by atoms with Crippen molar-refractivity contribution in [2.24, 2.45) is 0 Å². The monoisotopic (exact) mass is 308 g/mol. The van der Waals surface area contributed by atoms with Crippen LogP contribution in [0.1, 0.15) is 5.56 Å². The van der Waals surface area contributed by atoms with Gasteiger partial charge in [-0.2, -0.15) is 13.2 Å². The van der Waals surface area contributed by atoms with Gasteiger partial charge in [0.05, 0.1) is 16.3 Å². The van der Waals surface area contributed by atoms with E-state index in [9.17, 15) is 17.6 Å². The molecule has 0 aliphatic rings. The highest BCUT2D eigenvalue weighted by atomic mass is 79.9. The Labute approximate surface area is 102 Å². The molecule has 0 unspecified atom stereocenters. The minimum absolute atomic E-state index is 0.0299. The lowest BCUT2D eigenvalue weighted by molar-refractivity contribution is -0.137. The predicted molar refractivity (Wildman–Crippen MR) is 56.8 cm³/mol. The van der Waals surface area contributed by atoms with Crippen molar-refractivity contribution in [2.45, 2.75) is 6.18 Å². The van der Waals surface area contributed by atoms with Crippen LogP contribution in [-0.2, 0) is 6.18 Å². The Morgan fingerprint density at radius 2 is 1.88 bits per heavy atom. The molecule has 2 aromatic rings. The number of benzene rings is 1. The molecule has 1 nitrogen and oxygen atoms in total. The highest BCUT2D eigenvalue weighted by molar-refractivity contribution is 9.10. The van der Waals surface area contributed by atoms with Crippen LogP contribution >= 0.6 is 15.9 Å². The van der Waals surface area contributed by atoms with Gasteiger partial charge in [-0.25, -0.2) is 4.39 Å². The summed E-state index contributed by atoms with van der Waals surface area (Å²) in [6, 6.07) is 4.25. The average Bonchev–Trinajstić information content (AvgIpc) is 2.73. The first-order valence-electron chi connectivity index (χ1n) is 4.49. The van der Waals surface area contributed by atoms with E-state index < -0.39 is 17.6 Å². The molecule has 0 radical (unpaired) electrons. The summed E-state index contributed by atoms with van der Waals surface area (Å²) in [7, 11) is 0. The first kappa shape index (κ1) is 12.2. The summed E-state index contributed by atoms with van der Waals surface area (Å²) in [6.45, 7) is 0. The van der Waals surface area contributed by atoms with Gasteiger partial charge in [-0.1, -0.05) is 0 Å². The molecular formula is C11H5BrF4O. The standard InChI is InChI=1S/C11H5BrF4O/c12-10-7(9-2-1-3-17-9)4-6(5-8(10)13)11(14,15)16/h1-5H. The van der Waals surface area contributed by atoms with E-state index in [-0.39, 0.29) is 15.8 Å². The first-order valence-corrected chi connectivity index (χ1v) is 5.29. The molecular weight excluding hydrogens is 304 g/mol. The third-order valence-corrected chi connectivity index (χ3v) is 2.95. The van der Waals surface area contributed by atoms with Crippen molar-refractivity contribution in [3.8, 4) is 11.3 Å². The minimum atomic E-state index is -4.59. The fraction of sp³-hybridized carbons (Fsp3) is 0.0909. The molecule has 0 saturated carbocycles. The Morgan fingerprint density at radius 3 is 2.41 bits per heavy atom. The Hall–Kier alpha value is -1.30. The SMILES string of the molecule is Fc1cc(C(F)(F)F)cc(-c2ccco2)c1Br. The Balaban J connectivity index is 2.64. The van der Waals surface area contributed by atoms with E-state index in [0.717, 1.165) is 6.07 Å². The van der Waals surface area contributed by atoms with Gasteiger partial charge in [0, 0.05) is 5.56 Å². The Morgan fingerprint density at radius 1 is 1.18 bits per heavy atom. The molecule has 0 atom stereocenters. The van der Waals surface area contributed by atoms with Gasteiger partial charge in [0.1, 0.15) is 11.6 Å². The highest BCUT2D eigenvalue weighted by Gasteiger charge is 2.32. The molecule has 0 saturated heterocycles. The van der Waals surface area contributed by atoms with Crippen molar-refractivity contribution < 1.29 is 22.0 Å². The van der Waals surface area contributed by atoms with Gasteiger partial charge < -0.3 is 4.42 Å². The fourth-order valence-electron chi connectivity index (χ4n) is 1.36. The van der Waals surface area contributed by atoms with Crippen LogP contribution in [-0.4, -0.2) is 0 Å². The molecule has 2 rings (SSSR count). The second-order valence-corrected chi connectivity index (χ2v) is 4.09. The van der Waals surface area contributed by atoms with Crippen LogP contribution in [0.5, 0.6) is 0 Å². The molecule has 90 valence electrons. The topological polar surface area (TPSA) is 13.1 Å². The van der Waals surface area contributed by atoms with Gasteiger partial charge >= 0.3 is 6.18 Å². The van der Waals surface area contributed by atoms with Crippen LogP contribution in [0.2, 0.25) is 0 Å².